The monoisotopic (exact) mass is 403 g/mol. The molecule has 0 saturated carbocycles. The van der Waals surface area contributed by atoms with Crippen LogP contribution >= 0.6 is 0 Å². The van der Waals surface area contributed by atoms with E-state index >= 15 is 0 Å². The summed E-state index contributed by atoms with van der Waals surface area (Å²) in [4.78, 5) is 15.0. The first-order chi connectivity index (χ1) is 14.6. The molecule has 6 heteroatoms. The fourth-order valence-electron chi connectivity index (χ4n) is 4.06. The fourth-order valence-corrected chi connectivity index (χ4v) is 4.06. The molecule has 0 spiro atoms. The maximum atomic E-state index is 12.5. The van der Waals surface area contributed by atoms with Gasteiger partial charge in [-0.2, -0.15) is 5.10 Å². The topological polar surface area (TPSA) is 76.2 Å². The Balaban J connectivity index is 1.31. The number of benzene rings is 2. The quantitative estimate of drug-likeness (QED) is 0.607. The summed E-state index contributed by atoms with van der Waals surface area (Å²) >= 11 is 0. The lowest BCUT2D eigenvalue weighted by atomic mass is 9.89. The third kappa shape index (κ3) is 4.71. The Morgan fingerprint density at radius 1 is 1.13 bits per heavy atom. The number of hydrogen-bond acceptors (Lipinski definition) is 4. The number of para-hydroxylation sites is 2. The SMILES string of the molecule is CCn1cc(CN2CCC(c3ccc(C(=O)Nc4ccccc4N)cc3)CC2)cn1. The predicted octanol–water partition coefficient (Wildman–Crippen LogP) is 4.12. The van der Waals surface area contributed by atoms with Gasteiger partial charge in [-0.15, -0.1) is 0 Å². The Kier molecular flexibility index (Phi) is 6.14. The first-order valence-corrected chi connectivity index (χ1v) is 10.6. The molecule has 1 fully saturated rings. The number of nitrogen functional groups attached to an aromatic ring is 1. The molecular formula is C24H29N5O. The van der Waals surface area contributed by atoms with Crippen molar-refractivity contribution >= 4 is 17.3 Å². The average Bonchev–Trinajstić information content (AvgIpc) is 3.23. The normalized spacial score (nSPS) is 15.2. The number of nitrogens with one attached hydrogen (secondary N) is 1. The second-order valence-electron chi connectivity index (χ2n) is 7.92. The van der Waals surface area contributed by atoms with Crippen LogP contribution in [0.2, 0.25) is 0 Å². The van der Waals surface area contributed by atoms with Gasteiger partial charge in [0.05, 0.1) is 17.6 Å². The van der Waals surface area contributed by atoms with Crippen LogP contribution in [0.25, 0.3) is 0 Å². The van der Waals surface area contributed by atoms with Gasteiger partial charge in [0.2, 0.25) is 0 Å². The van der Waals surface area contributed by atoms with Crippen LogP contribution in [0.15, 0.2) is 60.9 Å². The van der Waals surface area contributed by atoms with Crippen molar-refractivity contribution in [2.75, 3.05) is 24.1 Å². The van der Waals surface area contributed by atoms with E-state index in [0.29, 0.717) is 22.9 Å². The zero-order chi connectivity index (χ0) is 20.9. The molecule has 0 bridgehead atoms. The summed E-state index contributed by atoms with van der Waals surface area (Å²) in [5.41, 5.74) is 10.4. The summed E-state index contributed by atoms with van der Waals surface area (Å²) in [7, 11) is 0. The minimum Gasteiger partial charge on any atom is -0.397 e. The molecule has 2 heterocycles. The van der Waals surface area contributed by atoms with Crippen LogP contribution in [0.5, 0.6) is 0 Å². The number of aryl methyl sites for hydroxylation is 1. The minimum atomic E-state index is -0.137. The maximum Gasteiger partial charge on any atom is 0.255 e. The summed E-state index contributed by atoms with van der Waals surface area (Å²) in [5.74, 6) is 0.406. The van der Waals surface area contributed by atoms with Gasteiger partial charge in [0, 0.05) is 30.4 Å². The van der Waals surface area contributed by atoms with Gasteiger partial charge in [-0.3, -0.25) is 14.4 Å². The molecule has 3 aromatic rings. The van der Waals surface area contributed by atoms with E-state index in [9.17, 15) is 4.79 Å². The van der Waals surface area contributed by atoms with E-state index in [-0.39, 0.29) is 5.91 Å². The summed E-state index contributed by atoms with van der Waals surface area (Å²) in [6.45, 7) is 6.15. The number of hydrogen-bond donors (Lipinski definition) is 2. The second-order valence-corrected chi connectivity index (χ2v) is 7.92. The van der Waals surface area contributed by atoms with E-state index in [2.05, 4.69) is 40.6 Å². The first kappa shape index (κ1) is 20.2. The molecule has 1 saturated heterocycles. The smallest absolute Gasteiger partial charge is 0.255 e. The third-order valence-electron chi connectivity index (χ3n) is 5.86. The second kappa shape index (κ2) is 9.13. The maximum absolute atomic E-state index is 12.5. The standard InChI is InChI=1S/C24H29N5O/c1-2-29-17-18(15-26-29)16-28-13-11-20(12-14-28)19-7-9-21(10-8-19)24(30)27-23-6-4-3-5-22(23)25/h3-10,15,17,20H,2,11-14,16,25H2,1H3,(H,27,30). The molecule has 1 aromatic heterocycles. The average molecular weight is 404 g/mol. The number of likely N-dealkylation sites (tertiary alicyclic amines) is 1. The van der Waals surface area contributed by atoms with Gasteiger partial charge in [0.15, 0.2) is 0 Å². The highest BCUT2D eigenvalue weighted by Gasteiger charge is 2.21. The highest BCUT2D eigenvalue weighted by molar-refractivity contribution is 6.05. The molecule has 156 valence electrons. The summed E-state index contributed by atoms with van der Waals surface area (Å²) in [6.07, 6.45) is 6.38. The Morgan fingerprint density at radius 2 is 1.87 bits per heavy atom. The van der Waals surface area contributed by atoms with Gasteiger partial charge in [-0.25, -0.2) is 0 Å². The predicted molar refractivity (Wildman–Crippen MR) is 120 cm³/mol. The van der Waals surface area contributed by atoms with Gasteiger partial charge in [0.1, 0.15) is 0 Å². The van der Waals surface area contributed by atoms with Crippen LogP contribution in [0.1, 0.15) is 47.2 Å². The van der Waals surface area contributed by atoms with Crippen LogP contribution < -0.4 is 11.1 Å². The molecule has 3 N–H and O–H groups in total. The number of aromatic nitrogens is 2. The molecule has 0 unspecified atom stereocenters. The molecular weight excluding hydrogens is 374 g/mol. The Labute approximate surface area is 177 Å². The van der Waals surface area contributed by atoms with Crippen molar-refractivity contribution in [1.82, 2.24) is 14.7 Å². The van der Waals surface area contributed by atoms with Crippen molar-refractivity contribution in [3.8, 4) is 0 Å². The molecule has 2 aromatic carbocycles. The van der Waals surface area contributed by atoms with Crippen LogP contribution in [0.4, 0.5) is 11.4 Å². The summed E-state index contributed by atoms with van der Waals surface area (Å²) < 4.78 is 1.98. The van der Waals surface area contributed by atoms with Crippen LogP contribution in [-0.2, 0) is 13.1 Å². The summed E-state index contributed by atoms with van der Waals surface area (Å²) in [5, 5.41) is 7.25. The molecule has 4 rings (SSSR count). The van der Waals surface area contributed by atoms with Gasteiger partial charge in [-0.05, 0) is 68.6 Å². The van der Waals surface area contributed by atoms with E-state index in [1.54, 1.807) is 6.07 Å². The van der Waals surface area contributed by atoms with Crippen LogP contribution in [0, 0.1) is 0 Å². The molecule has 6 nitrogen and oxygen atoms in total. The van der Waals surface area contributed by atoms with E-state index in [4.69, 9.17) is 5.73 Å². The van der Waals surface area contributed by atoms with Gasteiger partial charge in [0.25, 0.3) is 5.91 Å². The van der Waals surface area contributed by atoms with Crippen molar-refractivity contribution in [2.24, 2.45) is 0 Å². The minimum absolute atomic E-state index is 0.137. The van der Waals surface area contributed by atoms with Crippen LogP contribution in [0.3, 0.4) is 0 Å². The zero-order valence-corrected chi connectivity index (χ0v) is 17.4. The van der Waals surface area contributed by atoms with Gasteiger partial charge >= 0.3 is 0 Å². The largest absolute Gasteiger partial charge is 0.397 e. The molecule has 1 aliphatic rings. The lowest BCUT2D eigenvalue weighted by Gasteiger charge is -2.32. The lowest BCUT2D eigenvalue weighted by molar-refractivity contribution is 0.102. The van der Waals surface area contributed by atoms with E-state index in [0.717, 1.165) is 39.0 Å². The highest BCUT2D eigenvalue weighted by Crippen LogP contribution is 2.29. The Morgan fingerprint density at radius 3 is 2.53 bits per heavy atom. The number of nitrogens with zero attached hydrogens (tertiary/aromatic N) is 3. The number of nitrogens with two attached hydrogens (primary N) is 1. The van der Waals surface area contributed by atoms with Crippen molar-refractivity contribution in [2.45, 2.75) is 38.8 Å². The lowest BCUT2D eigenvalue weighted by Crippen LogP contribution is -2.32. The molecule has 1 aliphatic heterocycles. The van der Waals surface area contributed by atoms with Crippen molar-refractivity contribution < 1.29 is 4.79 Å². The van der Waals surface area contributed by atoms with E-state index in [1.807, 2.05) is 41.2 Å². The third-order valence-corrected chi connectivity index (χ3v) is 5.86. The first-order valence-electron chi connectivity index (χ1n) is 10.6. The van der Waals surface area contributed by atoms with Crippen molar-refractivity contribution in [3.05, 3.63) is 77.6 Å². The number of piperidine rings is 1. The van der Waals surface area contributed by atoms with E-state index in [1.165, 1.54) is 11.1 Å². The van der Waals surface area contributed by atoms with Crippen LogP contribution in [-0.4, -0.2) is 33.7 Å². The molecule has 0 radical (unpaired) electrons. The number of carbonyl (C=O) groups excluding carboxylic acids is 1. The van der Waals surface area contributed by atoms with Crippen molar-refractivity contribution in [3.63, 3.8) is 0 Å². The van der Waals surface area contributed by atoms with Crippen molar-refractivity contribution in [1.29, 1.82) is 0 Å². The van der Waals surface area contributed by atoms with E-state index < -0.39 is 0 Å². The van der Waals surface area contributed by atoms with Gasteiger partial charge < -0.3 is 11.1 Å². The summed E-state index contributed by atoms with van der Waals surface area (Å²) in [6, 6.07) is 15.3. The number of carbonyl (C=O) groups is 1. The molecule has 0 aliphatic carbocycles. The number of amides is 1. The zero-order valence-electron chi connectivity index (χ0n) is 17.4. The van der Waals surface area contributed by atoms with Gasteiger partial charge in [-0.1, -0.05) is 24.3 Å². The highest BCUT2D eigenvalue weighted by atomic mass is 16.1. The Hall–Kier alpha value is -3.12. The Bertz CT molecular complexity index is 987. The number of anilines is 2. The fraction of sp³-hybridized carbons (Fsp3) is 0.333. The molecule has 30 heavy (non-hydrogen) atoms. The molecule has 1 amide bonds. The number of rotatable bonds is 6. The molecule has 0 atom stereocenters.